The van der Waals surface area contributed by atoms with Crippen LogP contribution in [0.4, 0.5) is 8.78 Å². The third-order valence-electron chi connectivity index (χ3n) is 3.65. The van der Waals surface area contributed by atoms with Crippen molar-refractivity contribution >= 4 is 17.6 Å². The monoisotopic (exact) mass is 356 g/mol. The number of ether oxygens (including phenoxy) is 2. The van der Waals surface area contributed by atoms with E-state index in [9.17, 15) is 18.7 Å². The fraction of sp³-hybridized carbons (Fsp3) is 0.235. The van der Waals surface area contributed by atoms with E-state index >= 15 is 0 Å². The zero-order chi connectivity index (χ0) is 18.1. The van der Waals surface area contributed by atoms with E-state index in [1.165, 1.54) is 14.0 Å². The highest BCUT2D eigenvalue weighted by Crippen LogP contribution is 2.43. The van der Waals surface area contributed by atoms with Crippen molar-refractivity contribution < 1.29 is 28.2 Å². The SMILES string of the molecule is COC(=O)c1c(C(F)(F)Cl)cc(-c2ccc(OC)cc2)c(C)c1O. The van der Waals surface area contributed by atoms with E-state index in [2.05, 4.69) is 4.74 Å². The van der Waals surface area contributed by atoms with Gasteiger partial charge in [0.1, 0.15) is 17.1 Å². The fourth-order valence-corrected chi connectivity index (χ4v) is 2.52. The Morgan fingerprint density at radius 2 is 1.79 bits per heavy atom. The second-order valence-corrected chi connectivity index (χ2v) is 5.51. The number of halogens is 3. The number of esters is 1. The van der Waals surface area contributed by atoms with Crippen LogP contribution < -0.4 is 4.74 Å². The van der Waals surface area contributed by atoms with E-state index in [1.54, 1.807) is 24.3 Å². The molecule has 4 nitrogen and oxygen atoms in total. The molecule has 128 valence electrons. The minimum absolute atomic E-state index is 0.255. The standard InChI is InChI=1S/C17H15ClF2O4/c1-9-12(10-4-6-11(23-2)7-5-10)8-13(17(18,19)20)14(15(9)21)16(22)24-3/h4-8,21H,1-3H3. The third-order valence-corrected chi connectivity index (χ3v) is 3.85. The summed E-state index contributed by atoms with van der Waals surface area (Å²) < 4.78 is 37.1. The van der Waals surface area contributed by atoms with Gasteiger partial charge in [0.05, 0.1) is 19.8 Å². The minimum atomic E-state index is -3.85. The van der Waals surface area contributed by atoms with Crippen LogP contribution in [0.5, 0.6) is 11.5 Å². The predicted octanol–water partition coefficient (Wildman–Crippen LogP) is 4.45. The molecule has 2 aromatic carbocycles. The summed E-state index contributed by atoms with van der Waals surface area (Å²) in [4.78, 5) is 11.8. The van der Waals surface area contributed by atoms with Gasteiger partial charge in [0.25, 0.3) is 0 Å². The second kappa shape index (κ2) is 6.65. The smallest absolute Gasteiger partial charge is 0.349 e. The van der Waals surface area contributed by atoms with Gasteiger partial charge >= 0.3 is 11.4 Å². The van der Waals surface area contributed by atoms with Crippen LogP contribution in [0.15, 0.2) is 30.3 Å². The van der Waals surface area contributed by atoms with Crippen LogP contribution in [0.25, 0.3) is 11.1 Å². The van der Waals surface area contributed by atoms with Gasteiger partial charge in [-0.1, -0.05) is 12.1 Å². The quantitative estimate of drug-likeness (QED) is 0.649. The van der Waals surface area contributed by atoms with Crippen molar-refractivity contribution in [3.05, 3.63) is 47.0 Å². The zero-order valence-electron chi connectivity index (χ0n) is 13.2. The van der Waals surface area contributed by atoms with E-state index < -0.39 is 28.2 Å². The molecule has 24 heavy (non-hydrogen) atoms. The Labute approximate surface area is 142 Å². The number of alkyl halides is 3. The normalized spacial score (nSPS) is 11.2. The van der Waals surface area contributed by atoms with Crippen LogP contribution in [0.1, 0.15) is 21.5 Å². The zero-order valence-corrected chi connectivity index (χ0v) is 13.9. The van der Waals surface area contributed by atoms with Crippen molar-refractivity contribution in [2.75, 3.05) is 14.2 Å². The lowest BCUT2D eigenvalue weighted by Gasteiger charge is -2.19. The maximum atomic E-state index is 13.8. The van der Waals surface area contributed by atoms with Crippen LogP contribution in [0, 0.1) is 6.92 Å². The van der Waals surface area contributed by atoms with Gasteiger partial charge in [0.2, 0.25) is 0 Å². The molecule has 0 heterocycles. The molecule has 0 aliphatic carbocycles. The molecule has 0 radical (unpaired) electrons. The maximum absolute atomic E-state index is 13.8. The average molecular weight is 357 g/mol. The summed E-state index contributed by atoms with van der Waals surface area (Å²) in [6.07, 6.45) is 0. The van der Waals surface area contributed by atoms with E-state index in [0.29, 0.717) is 16.9 Å². The van der Waals surface area contributed by atoms with Crippen LogP contribution in [-0.2, 0) is 10.1 Å². The number of carbonyl (C=O) groups is 1. The highest BCUT2D eigenvalue weighted by molar-refractivity contribution is 6.22. The molecule has 0 fully saturated rings. The molecule has 0 aromatic heterocycles. The lowest BCUT2D eigenvalue weighted by Crippen LogP contribution is -2.15. The molecule has 1 N–H and O–H groups in total. The molecule has 7 heteroatoms. The molecule has 0 amide bonds. The Morgan fingerprint density at radius 1 is 1.21 bits per heavy atom. The first-order valence-corrected chi connectivity index (χ1v) is 7.25. The van der Waals surface area contributed by atoms with E-state index in [4.69, 9.17) is 16.3 Å². The molecule has 0 aliphatic rings. The molecular formula is C17H15ClF2O4. The number of hydrogen-bond acceptors (Lipinski definition) is 4. The molecule has 0 aliphatic heterocycles. The lowest BCUT2D eigenvalue weighted by atomic mass is 9.93. The average Bonchev–Trinajstić information content (AvgIpc) is 2.55. The molecule has 0 spiro atoms. The largest absolute Gasteiger partial charge is 0.507 e. The van der Waals surface area contributed by atoms with Gasteiger partial charge in [-0.3, -0.25) is 0 Å². The molecule has 0 atom stereocenters. The van der Waals surface area contributed by atoms with Gasteiger partial charge in [-0.05, 0) is 53.4 Å². The number of rotatable bonds is 4. The van der Waals surface area contributed by atoms with Crippen molar-refractivity contribution in [2.24, 2.45) is 0 Å². The maximum Gasteiger partial charge on any atom is 0.349 e. The Bertz CT molecular complexity index is 768. The van der Waals surface area contributed by atoms with Crippen LogP contribution in [0.2, 0.25) is 0 Å². The van der Waals surface area contributed by atoms with Crippen molar-refractivity contribution in [1.29, 1.82) is 0 Å². The van der Waals surface area contributed by atoms with Gasteiger partial charge in [-0.2, -0.15) is 8.78 Å². The molecule has 2 aromatic rings. The van der Waals surface area contributed by atoms with Gasteiger partial charge in [-0.15, -0.1) is 0 Å². The first kappa shape index (κ1) is 18.0. The van der Waals surface area contributed by atoms with E-state index in [0.717, 1.165) is 13.2 Å². The summed E-state index contributed by atoms with van der Waals surface area (Å²) in [7, 11) is 2.54. The Morgan fingerprint density at radius 3 is 2.25 bits per heavy atom. The molecule has 0 bridgehead atoms. The Kier molecular flexibility index (Phi) is 4.99. The molecule has 2 rings (SSSR count). The van der Waals surface area contributed by atoms with Gasteiger partial charge in [-0.25, -0.2) is 4.79 Å². The summed E-state index contributed by atoms with van der Waals surface area (Å²) >= 11 is 5.12. The van der Waals surface area contributed by atoms with E-state index in [1.807, 2.05) is 0 Å². The fourth-order valence-electron chi connectivity index (χ4n) is 2.37. The number of benzene rings is 2. The summed E-state index contributed by atoms with van der Waals surface area (Å²) in [5.41, 5.74) is -0.331. The van der Waals surface area contributed by atoms with E-state index in [-0.39, 0.29) is 5.56 Å². The Balaban J connectivity index is 2.74. The number of methoxy groups -OCH3 is 2. The summed E-state index contributed by atoms with van der Waals surface area (Å²) in [6, 6.07) is 7.68. The number of aromatic hydroxyl groups is 1. The van der Waals surface area contributed by atoms with Crippen molar-refractivity contribution in [1.82, 2.24) is 0 Å². The highest BCUT2D eigenvalue weighted by Gasteiger charge is 2.37. The van der Waals surface area contributed by atoms with Gasteiger partial charge in [0, 0.05) is 0 Å². The summed E-state index contributed by atoms with van der Waals surface area (Å²) in [5, 5.41) is 6.42. The second-order valence-electron chi connectivity index (χ2n) is 5.04. The van der Waals surface area contributed by atoms with Crippen molar-refractivity contribution in [2.45, 2.75) is 12.3 Å². The number of phenols is 1. The van der Waals surface area contributed by atoms with Crippen LogP contribution in [-0.4, -0.2) is 25.3 Å². The van der Waals surface area contributed by atoms with Crippen molar-refractivity contribution in [3.63, 3.8) is 0 Å². The molecule has 0 unspecified atom stereocenters. The minimum Gasteiger partial charge on any atom is -0.507 e. The third kappa shape index (κ3) is 3.28. The van der Waals surface area contributed by atoms with Crippen LogP contribution in [0.3, 0.4) is 0 Å². The Hall–Kier alpha value is -2.34. The number of hydrogen-bond donors (Lipinski definition) is 1. The first-order chi connectivity index (χ1) is 11.2. The van der Waals surface area contributed by atoms with Gasteiger partial charge in [0.15, 0.2) is 0 Å². The summed E-state index contributed by atoms with van der Waals surface area (Å²) in [6.45, 7) is 1.51. The number of carbonyl (C=O) groups excluding carboxylic acids is 1. The first-order valence-electron chi connectivity index (χ1n) is 6.87. The predicted molar refractivity (Wildman–Crippen MR) is 85.9 cm³/mol. The number of phenolic OH excluding ortho intramolecular Hbond substituents is 1. The van der Waals surface area contributed by atoms with Crippen LogP contribution >= 0.6 is 11.6 Å². The van der Waals surface area contributed by atoms with Crippen molar-refractivity contribution in [3.8, 4) is 22.6 Å². The van der Waals surface area contributed by atoms with Gasteiger partial charge < -0.3 is 14.6 Å². The summed E-state index contributed by atoms with van der Waals surface area (Å²) in [5.74, 6) is -1.09. The highest BCUT2D eigenvalue weighted by atomic mass is 35.5. The lowest BCUT2D eigenvalue weighted by molar-refractivity contribution is 0.0566. The topological polar surface area (TPSA) is 55.8 Å². The molecule has 0 saturated heterocycles. The molecular weight excluding hydrogens is 342 g/mol. The molecule has 0 saturated carbocycles.